The lowest BCUT2D eigenvalue weighted by Crippen LogP contribution is -2.51. The molecule has 5 atom stereocenters. The summed E-state index contributed by atoms with van der Waals surface area (Å²) >= 11 is 0. The van der Waals surface area contributed by atoms with Crippen LogP contribution in [0.3, 0.4) is 0 Å². The highest BCUT2D eigenvalue weighted by Crippen LogP contribution is 2.40. The van der Waals surface area contributed by atoms with Crippen molar-refractivity contribution in [1.82, 2.24) is 0 Å². The molecule has 1 saturated heterocycles. The van der Waals surface area contributed by atoms with Gasteiger partial charge in [-0.2, -0.15) is 0 Å². The van der Waals surface area contributed by atoms with Crippen molar-refractivity contribution in [3.05, 3.63) is 23.8 Å². The molecule has 0 aromatic rings. The van der Waals surface area contributed by atoms with E-state index in [1.165, 1.54) is 5.57 Å². The van der Waals surface area contributed by atoms with E-state index in [1.54, 1.807) is 0 Å². The summed E-state index contributed by atoms with van der Waals surface area (Å²) in [7, 11) is 0. The van der Waals surface area contributed by atoms with Crippen molar-refractivity contribution in [2.45, 2.75) is 90.1 Å². The van der Waals surface area contributed by atoms with Gasteiger partial charge in [0, 0.05) is 0 Å². The molecule has 3 nitrogen and oxygen atoms in total. The fraction of sp³-hybridized carbons (Fsp3) is 0.800. The van der Waals surface area contributed by atoms with E-state index in [2.05, 4.69) is 33.4 Å². The van der Waals surface area contributed by atoms with Gasteiger partial charge in [0.2, 0.25) is 0 Å². The Hall–Kier alpha value is -0.640. The van der Waals surface area contributed by atoms with Crippen LogP contribution in [0, 0.1) is 11.8 Å². The first-order chi connectivity index (χ1) is 10.7. The van der Waals surface area contributed by atoms with Crippen molar-refractivity contribution >= 4 is 0 Å². The zero-order valence-corrected chi connectivity index (χ0v) is 15.2. The van der Waals surface area contributed by atoms with Crippen LogP contribution >= 0.6 is 0 Å². The van der Waals surface area contributed by atoms with E-state index in [4.69, 9.17) is 4.74 Å². The Balaban J connectivity index is 2.28. The van der Waals surface area contributed by atoms with E-state index in [0.717, 1.165) is 24.8 Å². The fourth-order valence-corrected chi connectivity index (χ4v) is 3.92. The van der Waals surface area contributed by atoms with Gasteiger partial charge in [0.05, 0.1) is 23.9 Å². The molecule has 1 fully saturated rings. The van der Waals surface area contributed by atoms with E-state index in [1.807, 2.05) is 6.92 Å². The second-order valence-corrected chi connectivity index (χ2v) is 8.12. The molecule has 2 N–H and O–H groups in total. The van der Waals surface area contributed by atoms with Crippen LogP contribution in [0.5, 0.6) is 0 Å². The average molecular weight is 322 g/mol. The Labute approximate surface area is 141 Å². The van der Waals surface area contributed by atoms with Crippen LogP contribution < -0.4 is 0 Å². The van der Waals surface area contributed by atoms with Gasteiger partial charge in [0.15, 0.2) is 0 Å². The molecule has 0 aliphatic carbocycles. The van der Waals surface area contributed by atoms with Gasteiger partial charge in [-0.15, -0.1) is 0 Å². The Morgan fingerprint density at radius 3 is 2.57 bits per heavy atom. The van der Waals surface area contributed by atoms with Crippen molar-refractivity contribution < 1.29 is 14.9 Å². The van der Waals surface area contributed by atoms with E-state index >= 15 is 0 Å². The lowest BCUT2D eigenvalue weighted by atomic mass is 9.76. The van der Waals surface area contributed by atoms with E-state index in [0.29, 0.717) is 31.1 Å². The number of rotatable bonds is 1. The van der Waals surface area contributed by atoms with E-state index in [-0.39, 0.29) is 6.10 Å². The van der Waals surface area contributed by atoms with Crippen LogP contribution in [0.4, 0.5) is 0 Å². The second-order valence-electron chi connectivity index (χ2n) is 8.12. The number of ether oxygens (including phenoxy) is 1. The lowest BCUT2D eigenvalue weighted by molar-refractivity contribution is -0.183. The molecule has 2 bridgehead atoms. The molecule has 3 heteroatoms. The van der Waals surface area contributed by atoms with Gasteiger partial charge in [-0.3, -0.25) is 0 Å². The molecule has 2 aliphatic heterocycles. The highest BCUT2D eigenvalue weighted by Gasteiger charge is 2.43. The van der Waals surface area contributed by atoms with Gasteiger partial charge in [0.25, 0.3) is 0 Å². The summed E-state index contributed by atoms with van der Waals surface area (Å²) in [6.07, 6.45) is 6.09. The average Bonchev–Trinajstić information content (AvgIpc) is 2.48. The van der Waals surface area contributed by atoms with Crippen molar-refractivity contribution in [2.24, 2.45) is 11.8 Å². The van der Waals surface area contributed by atoms with Crippen LogP contribution in [0.1, 0.15) is 66.2 Å². The topological polar surface area (TPSA) is 49.7 Å². The summed E-state index contributed by atoms with van der Waals surface area (Å²) in [5, 5.41) is 20.9. The first-order valence-corrected chi connectivity index (χ1v) is 9.12. The van der Waals surface area contributed by atoms with Crippen molar-refractivity contribution in [3.8, 4) is 0 Å². The minimum absolute atomic E-state index is 0.0585. The standard InChI is InChI=1S/C20H34O3/c1-13(2)16-10-11-20(5)19(22)9-7-15(4)17(21)8-6-14(3)12-18(16)23-20/h12-13,16-19,21-22H,4,6-11H2,1-3,5H3. The lowest BCUT2D eigenvalue weighted by Gasteiger charge is -2.46. The Kier molecular flexibility index (Phi) is 6.10. The molecule has 2 rings (SSSR count). The molecule has 0 aromatic heterocycles. The molecule has 0 aromatic carbocycles. The molecule has 5 unspecified atom stereocenters. The van der Waals surface area contributed by atoms with Gasteiger partial charge in [0.1, 0.15) is 0 Å². The zero-order valence-electron chi connectivity index (χ0n) is 15.2. The minimum Gasteiger partial charge on any atom is -0.390 e. The van der Waals surface area contributed by atoms with E-state index in [9.17, 15) is 10.2 Å². The summed E-state index contributed by atoms with van der Waals surface area (Å²) in [5.74, 6) is 1.05. The maximum atomic E-state index is 10.7. The van der Waals surface area contributed by atoms with Crippen LogP contribution in [-0.2, 0) is 4.74 Å². The Bertz CT molecular complexity index is 454. The first kappa shape index (κ1) is 18.7. The molecule has 23 heavy (non-hydrogen) atoms. The fourth-order valence-electron chi connectivity index (χ4n) is 3.92. The Morgan fingerprint density at radius 2 is 1.91 bits per heavy atom. The van der Waals surface area contributed by atoms with Crippen molar-refractivity contribution in [2.75, 3.05) is 0 Å². The maximum absolute atomic E-state index is 10.7. The van der Waals surface area contributed by atoms with Gasteiger partial charge >= 0.3 is 0 Å². The summed E-state index contributed by atoms with van der Waals surface area (Å²) in [6.45, 7) is 12.7. The smallest absolute Gasteiger partial charge is 0.0920 e. The van der Waals surface area contributed by atoms with Crippen molar-refractivity contribution in [3.63, 3.8) is 0 Å². The molecule has 0 saturated carbocycles. The van der Waals surface area contributed by atoms with Gasteiger partial charge in [-0.05, 0) is 69.8 Å². The first-order valence-electron chi connectivity index (χ1n) is 9.12. The molecule has 2 heterocycles. The molecule has 0 spiro atoms. The third-order valence-electron chi connectivity index (χ3n) is 5.83. The molecule has 2 aliphatic rings. The maximum Gasteiger partial charge on any atom is 0.0920 e. The molecule has 0 amide bonds. The number of hydrogen-bond donors (Lipinski definition) is 2. The minimum atomic E-state index is -0.518. The van der Waals surface area contributed by atoms with Crippen LogP contribution in [-0.4, -0.2) is 34.1 Å². The van der Waals surface area contributed by atoms with Crippen LogP contribution in [0.15, 0.2) is 23.8 Å². The molecule has 0 radical (unpaired) electrons. The Morgan fingerprint density at radius 1 is 1.22 bits per heavy atom. The zero-order chi connectivity index (χ0) is 17.2. The van der Waals surface area contributed by atoms with Gasteiger partial charge in [-0.25, -0.2) is 0 Å². The predicted octanol–water partition coefficient (Wildman–Crippen LogP) is 3.99. The summed E-state index contributed by atoms with van der Waals surface area (Å²) in [6, 6.07) is 0. The van der Waals surface area contributed by atoms with Crippen LogP contribution in [0.25, 0.3) is 0 Å². The quantitative estimate of drug-likeness (QED) is 0.718. The number of fused-ring (bicyclic) bond motifs is 2. The highest BCUT2D eigenvalue weighted by atomic mass is 16.5. The number of aliphatic hydroxyl groups is 2. The predicted molar refractivity (Wildman–Crippen MR) is 94.2 cm³/mol. The highest BCUT2D eigenvalue weighted by molar-refractivity contribution is 5.11. The SMILES string of the molecule is C=C1CCC(O)C2(C)CCC(C(C)C)C(C=C(C)CCC1O)O2. The van der Waals surface area contributed by atoms with Gasteiger partial charge in [-0.1, -0.05) is 32.1 Å². The number of hydrogen-bond acceptors (Lipinski definition) is 3. The summed E-state index contributed by atoms with van der Waals surface area (Å²) < 4.78 is 6.45. The summed E-state index contributed by atoms with van der Waals surface area (Å²) in [4.78, 5) is 0. The third-order valence-corrected chi connectivity index (χ3v) is 5.83. The van der Waals surface area contributed by atoms with E-state index < -0.39 is 17.8 Å². The number of aliphatic hydroxyl groups excluding tert-OH is 2. The molecule has 132 valence electrons. The third kappa shape index (κ3) is 4.46. The van der Waals surface area contributed by atoms with Gasteiger partial charge < -0.3 is 14.9 Å². The largest absolute Gasteiger partial charge is 0.390 e. The summed E-state index contributed by atoms with van der Waals surface area (Å²) in [5.41, 5.74) is 1.58. The monoisotopic (exact) mass is 322 g/mol. The molecular formula is C20H34O3. The molecular weight excluding hydrogens is 288 g/mol. The van der Waals surface area contributed by atoms with Crippen molar-refractivity contribution in [1.29, 1.82) is 0 Å². The normalized spacial score (nSPS) is 40.3. The second kappa shape index (κ2) is 7.50. The number of allylic oxidation sites excluding steroid dienone is 1. The van der Waals surface area contributed by atoms with Crippen LogP contribution in [0.2, 0.25) is 0 Å².